The summed E-state index contributed by atoms with van der Waals surface area (Å²) in [5.74, 6) is 6.81. The molecule has 0 aliphatic carbocycles. The average molecular weight is 257 g/mol. The highest BCUT2D eigenvalue weighted by molar-refractivity contribution is 7.85. The largest absolute Gasteiger partial charge is 0.383 e. The van der Waals surface area contributed by atoms with Gasteiger partial charge in [-0.15, -0.1) is 0 Å². The van der Waals surface area contributed by atoms with Crippen molar-refractivity contribution in [2.24, 2.45) is 11.7 Å². The molecule has 0 saturated carbocycles. The molecule has 0 aromatic carbocycles. The standard InChI is InChI=1S/C4H5NO3.C2H6O3S.H4N2/c6-2-1-3(7)5-4(2)8;1-2-6(3,4)5;1-2/h2,6H,1H2,(H,5,7,8);2H2,1H3,(H,3,4,5);1-2H2. The van der Waals surface area contributed by atoms with Crippen LogP contribution in [0, 0.1) is 0 Å². The van der Waals surface area contributed by atoms with Crippen LogP contribution >= 0.6 is 0 Å². The summed E-state index contributed by atoms with van der Waals surface area (Å²) < 4.78 is 26.9. The van der Waals surface area contributed by atoms with E-state index in [0.29, 0.717) is 0 Å². The Morgan fingerprint density at radius 1 is 1.44 bits per heavy atom. The summed E-state index contributed by atoms with van der Waals surface area (Å²) in [5, 5.41) is 10.5. The number of hydrogen-bond acceptors (Lipinski definition) is 7. The van der Waals surface area contributed by atoms with E-state index in [1.54, 1.807) is 0 Å². The second-order valence-corrected chi connectivity index (χ2v) is 4.24. The normalized spacial score (nSPS) is 18.9. The van der Waals surface area contributed by atoms with Gasteiger partial charge in [0.2, 0.25) is 5.91 Å². The summed E-state index contributed by atoms with van der Waals surface area (Å²) in [6.45, 7) is 1.37. The Balaban J connectivity index is 0. The molecule has 96 valence electrons. The third kappa shape index (κ3) is 9.48. The van der Waals surface area contributed by atoms with Gasteiger partial charge in [0.25, 0.3) is 16.0 Å². The first-order valence-corrected chi connectivity index (χ1v) is 5.67. The highest BCUT2D eigenvalue weighted by atomic mass is 32.2. The molecule has 7 N–H and O–H groups in total. The maximum absolute atomic E-state index is 10.2. The zero-order valence-corrected chi connectivity index (χ0v) is 9.40. The van der Waals surface area contributed by atoms with Crippen molar-refractivity contribution in [3.63, 3.8) is 0 Å². The predicted molar refractivity (Wildman–Crippen MR) is 54.2 cm³/mol. The zero-order valence-electron chi connectivity index (χ0n) is 8.58. The van der Waals surface area contributed by atoms with Gasteiger partial charge in [0.05, 0.1) is 12.2 Å². The third-order valence-corrected chi connectivity index (χ3v) is 2.04. The number of hydrazine groups is 1. The number of rotatable bonds is 1. The van der Waals surface area contributed by atoms with E-state index in [4.69, 9.17) is 9.66 Å². The smallest absolute Gasteiger partial charge is 0.264 e. The monoisotopic (exact) mass is 257 g/mol. The number of imide groups is 1. The molecule has 1 aliphatic rings. The van der Waals surface area contributed by atoms with E-state index in [2.05, 4.69) is 11.7 Å². The van der Waals surface area contributed by atoms with Gasteiger partial charge in [-0.1, -0.05) is 0 Å². The number of amides is 2. The molecular weight excluding hydrogens is 242 g/mol. The van der Waals surface area contributed by atoms with Gasteiger partial charge in [-0.05, 0) is 6.92 Å². The van der Waals surface area contributed by atoms with E-state index in [1.807, 2.05) is 5.32 Å². The van der Waals surface area contributed by atoms with E-state index < -0.39 is 28.0 Å². The molecule has 2 amide bonds. The van der Waals surface area contributed by atoms with Crippen LogP contribution in [-0.4, -0.2) is 41.7 Å². The van der Waals surface area contributed by atoms with Crippen molar-refractivity contribution in [2.45, 2.75) is 19.4 Å². The number of nitrogens with one attached hydrogen (secondary N) is 1. The Labute approximate surface area is 92.5 Å². The Kier molecular flexibility index (Phi) is 8.80. The summed E-state index contributed by atoms with van der Waals surface area (Å²) >= 11 is 0. The summed E-state index contributed by atoms with van der Waals surface area (Å²) in [6.07, 6.45) is -1.19. The zero-order chi connectivity index (χ0) is 13.4. The van der Waals surface area contributed by atoms with Gasteiger partial charge >= 0.3 is 0 Å². The minimum absolute atomic E-state index is 0.0845. The van der Waals surface area contributed by atoms with Crippen LogP contribution in [0.2, 0.25) is 0 Å². The van der Waals surface area contributed by atoms with Crippen LogP contribution in [0.1, 0.15) is 13.3 Å². The van der Waals surface area contributed by atoms with Crippen molar-refractivity contribution < 1.29 is 27.7 Å². The highest BCUT2D eigenvalue weighted by Gasteiger charge is 2.27. The minimum Gasteiger partial charge on any atom is -0.383 e. The van der Waals surface area contributed by atoms with E-state index in [-0.39, 0.29) is 12.2 Å². The molecule has 0 radical (unpaired) electrons. The van der Waals surface area contributed by atoms with E-state index in [0.717, 1.165) is 0 Å². The molecule has 1 atom stereocenters. The van der Waals surface area contributed by atoms with Crippen molar-refractivity contribution in [1.29, 1.82) is 0 Å². The van der Waals surface area contributed by atoms with Crippen LogP contribution < -0.4 is 17.0 Å². The van der Waals surface area contributed by atoms with Crippen molar-refractivity contribution >= 4 is 21.9 Å². The van der Waals surface area contributed by atoms with E-state index in [9.17, 15) is 18.0 Å². The number of aliphatic hydroxyl groups excluding tert-OH is 1. The third-order valence-electron chi connectivity index (χ3n) is 1.31. The molecule has 0 spiro atoms. The predicted octanol–water partition coefficient (Wildman–Crippen LogP) is -2.89. The number of hydrogen-bond donors (Lipinski definition) is 5. The quantitative estimate of drug-likeness (QED) is 0.144. The van der Waals surface area contributed by atoms with Crippen LogP contribution in [0.3, 0.4) is 0 Å². The lowest BCUT2D eigenvalue weighted by atomic mass is 10.3. The van der Waals surface area contributed by atoms with Crippen LogP contribution in [-0.2, 0) is 19.7 Å². The maximum atomic E-state index is 10.2. The van der Waals surface area contributed by atoms with Crippen molar-refractivity contribution in [3.8, 4) is 0 Å². The summed E-state index contributed by atoms with van der Waals surface area (Å²) in [5.41, 5.74) is 0. The van der Waals surface area contributed by atoms with Crippen LogP contribution in [0.4, 0.5) is 0 Å². The topological polar surface area (TPSA) is 173 Å². The molecule has 0 bridgehead atoms. The van der Waals surface area contributed by atoms with Gasteiger partial charge in [-0.3, -0.25) is 31.1 Å². The molecule has 1 heterocycles. The number of nitrogens with two attached hydrogens (primary N) is 2. The van der Waals surface area contributed by atoms with Gasteiger partial charge in [-0.2, -0.15) is 8.42 Å². The number of aliphatic hydroxyl groups is 1. The highest BCUT2D eigenvalue weighted by Crippen LogP contribution is 1.98. The first-order valence-electron chi connectivity index (χ1n) is 4.06. The molecule has 0 aromatic rings. The molecule has 16 heavy (non-hydrogen) atoms. The first kappa shape index (κ1) is 17.3. The lowest BCUT2D eigenvalue weighted by Gasteiger charge is -1.88. The fourth-order valence-corrected chi connectivity index (χ4v) is 0.540. The number of carbonyl (C=O) groups is 2. The first-order chi connectivity index (χ1) is 7.26. The van der Waals surface area contributed by atoms with Gasteiger partial charge in [0.15, 0.2) is 0 Å². The van der Waals surface area contributed by atoms with Crippen LogP contribution in [0.5, 0.6) is 0 Å². The second kappa shape index (κ2) is 8.13. The average Bonchev–Trinajstić information content (AvgIpc) is 2.47. The van der Waals surface area contributed by atoms with Gasteiger partial charge < -0.3 is 5.11 Å². The van der Waals surface area contributed by atoms with Crippen molar-refractivity contribution in [3.05, 3.63) is 0 Å². The summed E-state index contributed by atoms with van der Waals surface area (Å²) in [7, 11) is -3.66. The second-order valence-electron chi connectivity index (χ2n) is 2.50. The molecule has 1 unspecified atom stereocenters. The molecule has 1 aliphatic heterocycles. The van der Waals surface area contributed by atoms with Gasteiger partial charge in [0.1, 0.15) is 6.10 Å². The van der Waals surface area contributed by atoms with Crippen molar-refractivity contribution in [2.75, 3.05) is 5.75 Å². The molecule has 0 aromatic heterocycles. The van der Waals surface area contributed by atoms with Crippen LogP contribution in [0.25, 0.3) is 0 Å². The lowest BCUT2D eigenvalue weighted by Crippen LogP contribution is -2.24. The number of carbonyl (C=O) groups excluding carboxylic acids is 2. The molecule has 9 nitrogen and oxygen atoms in total. The van der Waals surface area contributed by atoms with Gasteiger partial charge in [0, 0.05) is 0 Å². The fourth-order valence-electron chi connectivity index (χ4n) is 0.540. The Morgan fingerprint density at radius 2 is 1.81 bits per heavy atom. The summed E-state index contributed by atoms with van der Waals surface area (Å²) in [6, 6.07) is 0. The minimum atomic E-state index is -3.66. The Morgan fingerprint density at radius 3 is 1.88 bits per heavy atom. The molecule has 10 heteroatoms. The Hall–Kier alpha value is -1.07. The molecular formula is C6H15N3O6S. The SMILES string of the molecule is CCS(=O)(=O)O.NN.O=C1CC(O)C(=O)N1. The molecule has 1 fully saturated rings. The molecule has 1 rings (SSSR count). The van der Waals surface area contributed by atoms with Crippen LogP contribution in [0.15, 0.2) is 0 Å². The maximum Gasteiger partial charge on any atom is 0.264 e. The Bertz CT molecular complexity index is 327. The van der Waals surface area contributed by atoms with E-state index in [1.165, 1.54) is 6.92 Å². The fraction of sp³-hybridized carbons (Fsp3) is 0.667. The molecule has 1 saturated heterocycles. The van der Waals surface area contributed by atoms with E-state index >= 15 is 0 Å². The van der Waals surface area contributed by atoms with Gasteiger partial charge in [-0.25, -0.2) is 0 Å². The summed E-state index contributed by atoms with van der Waals surface area (Å²) in [4.78, 5) is 20.4. The van der Waals surface area contributed by atoms with Crippen molar-refractivity contribution in [1.82, 2.24) is 5.32 Å². The lowest BCUT2D eigenvalue weighted by molar-refractivity contribution is -0.127.